The highest BCUT2D eigenvalue weighted by molar-refractivity contribution is 5.96. The van der Waals surface area contributed by atoms with Gasteiger partial charge in [-0.25, -0.2) is 6.57 Å². The zero-order valence-electron chi connectivity index (χ0n) is 25.4. The number of hydrogen-bond donors (Lipinski definition) is 0. The van der Waals surface area contributed by atoms with Crippen LogP contribution in [0.15, 0.2) is 43.2 Å². The predicted octanol–water partition coefficient (Wildman–Crippen LogP) is 3.88. The third kappa shape index (κ3) is 5.87. The number of piperazine rings is 1. The molecular formula is C33H40N8O2. The molecule has 1 saturated carbocycles. The molecule has 10 nitrogen and oxygen atoms in total. The van der Waals surface area contributed by atoms with E-state index in [1.165, 1.54) is 29.9 Å². The summed E-state index contributed by atoms with van der Waals surface area (Å²) < 4.78 is 6.30. The van der Waals surface area contributed by atoms with Crippen LogP contribution < -0.4 is 14.5 Å². The van der Waals surface area contributed by atoms with Crippen LogP contribution in [0.5, 0.6) is 6.01 Å². The summed E-state index contributed by atoms with van der Waals surface area (Å²) in [4.78, 5) is 39.4. The largest absolute Gasteiger partial charge is 0.462 e. The number of amides is 1. The Morgan fingerprint density at radius 2 is 2.07 bits per heavy atom. The van der Waals surface area contributed by atoms with Crippen LogP contribution in [0, 0.1) is 13.5 Å². The summed E-state index contributed by atoms with van der Waals surface area (Å²) in [6, 6.07) is 7.36. The molecule has 0 spiro atoms. The Labute approximate surface area is 253 Å². The Morgan fingerprint density at radius 1 is 1.23 bits per heavy atom. The van der Waals surface area contributed by atoms with Crippen LogP contribution in [0.2, 0.25) is 0 Å². The van der Waals surface area contributed by atoms with Gasteiger partial charge in [0.1, 0.15) is 18.5 Å². The summed E-state index contributed by atoms with van der Waals surface area (Å²) in [5, 5.41) is 2.34. The molecule has 4 heterocycles. The average molecular weight is 581 g/mol. The van der Waals surface area contributed by atoms with Crippen LogP contribution in [-0.2, 0) is 17.8 Å². The van der Waals surface area contributed by atoms with Crippen molar-refractivity contribution in [3.63, 3.8) is 0 Å². The molecule has 0 bridgehead atoms. The van der Waals surface area contributed by atoms with E-state index in [2.05, 4.69) is 70.2 Å². The fourth-order valence-electron chi connectivity index (χ4n) is 6.43. The maximum absolute atomic E-state index is 12.6. The lowest BCUT2D eigenvalue weighted by Crippen LogP contribution is -2.56. The predicted molar refractivity (Wildman–Crippen MR) is 168 cm³/mol. The van der Waals surface area contributed by atoms with Crippen molar-refractivity contribution >= 4 is 28.2 Å². The van der Waals surface area contributed by atoms with Crippen molar-refractivity contribution in [2.45, 2.75) is 57.8 Å². The average Bonchev–Trinajstić information content (AvgIpc) is 3.88. The minimum absolute atomic E-state index is 0.134. The van der Waals surface area contributed by atoms with Crippen LogP contribution in [0.1, 0.15) is 36.6 Å². The third-order valence-corrected chi connectivity index (χ3v) is 9.15. The van der Waals surface area contributed by atoms with Crippen molar-refractivity contribution in [1.82, 2.24) is 24.8 Å². The molecule has 0 radical (unpaired) electrons. The molecule has 3 aromatic rings. The summed E-state index contributed by atoms with van der Waals surface area (Å²) in [5.74, 6) is 0.723. The van der Waals surface area contributed by atoms with Crippen molar-refractivity contribution in [3.05, 3.63) is 71.5 Å². The number of rotatable bonds is 9. The van der Waals surface area contributed by atoms with Gasteiger partial charge in [-0.15, -0.1) is 0 Å². The summed E-state index contributed by atoms with van der Waals surface area (Å²) in [6.45, 7) is 19.3. The molecule has 1 amide bonds. The van der Waals surface area contributed by atoms with Crippen molar-refractivity contribution < 1.29 is 9.53 Å². The van der Waals surface area contributed by atoms with E-state index in [-0.39, 0.29) is 24.5 Å². The summed E-state index contributed by atoms with van der Waals surface area (Å²) in [5.41, 5.74) is 4.39. The number of likely N-dealkylation sites (N-methyl/N-ethyl adjacent to an activating group) is 1. The second kappa shape index (κ2) is 12.2. The molecule has 0 unspecified atom stereocenters. The fraction of sp³-hybridized carbons (Fsp3) is 0.485. The number of hydrogen-bond acceptors (Lipinski definition) is 8. The smallest absolute Gasteiger partial charge is 0.318 e. The van der Waals surface area contributed by atoms with Crippen LogP contribution in [-0.4, -0.2) is 95.2 Å². The van der Waals surface area contributed by atoms with Gasteiger partial charge in [0.25, 0.3) is 0 Å². The first-order chi connectivity index (χ1) is 20.9. The molecule has 6 rings (SSSR count). The van der Waals surface area contributed by atoms with E-state index in [4.69, 9.17) is 21.3 Å². The molecule has 2 aromatic heterocycles. The number of carbonyl (C=O) groups is 1. The first-order valence-electron chi connectivity index (χ1n) is 15.2. The number of aromatic nitrogens is 3. The van der Waals surface area contributed by atoms with Crippen molar-refractivity contribution in [3.8, 4) is 6.01 Å². The minimum atomic E-state index is -0.233. The van der Waals surface area contributed by atoms with E-state index in [0.717, 1.165) is 41.1 Å². The number of pyridine rings is 1. The first-order valence-corrected chi connectivity index (χ1v) is 15.2. The number of aryl methyl sites for hydroxylation is 1. The van der Waals surface area contributed by atoms with Gasteiger partial charge in [0, 0.05) is 60.8 Å². The van der Waals surface area contributed by atoms with E-state index in [1.807, 2.05) is 12.4 Å². The van der Waals surface area contributed by atoms with E-state index in [0.29, 0.717) is 44.8 Å². The second-order valence-electron chi connectivity index (χ2n) is 12.0. The quantitative estimate of drug-likeness (QED) is 0.279. The van der Waals surface area contributed by atoms with E-state index in [9.17, 15) is 4.79 Å². The summed E-state index contributed by atoms with van der Waals surface area (Å²) in [7, 11) is 2.16. The zero-order valence-corrected chi connectivity index (χ0v) is 25.4. The van der Waals surface area contributed by atoms with Crippen molar-refractivity contribution in [2.24, 2.45) is 0 Å². The molecule has 1 aromatic carbocycles. The third-order valence-electron chi connectivity index (χ3n) is 9.15. The van der Waals surface area contributed by atoms with Crippen LogP contribution in [0.3, 0.4) is 0 Å². The second-order valence-corrected chi connectivity index (χ2v) is 12.0. The Hall–Kier alpha value is -4.23. The van der Waals surface area contributed by atoms with Gasteiger partial charge in [0.05, 0.1) is 24.1 Å². The number of anilines is 2. The van der Waals surface area contributed by atoms with Gasteiger partial charge in [0.2, 0.25) is 12.5 Å². The number of carbonyl (C=O) groups excluding carboxylic acids is 1. The van der Waals surface area contributed by atoms with Gasteiger partial charge in [-0.05, 0) is 51.8 Å². The van der Waals surface area contributed by atoms with Gasteiger partial charge in [0.15, 0.2) is 0 Å². The van der Waals surface area contributed by atoms with Crippen molar-refractivity contribution in [2.75, 3.05) is 56.2 Å². The van der Waals surface area contributed by atoms with Gasteiger partial charge in [-0.2, -0.15) is 9.97 Å². The number of nitrogens with zero attached hydrogens (tertiary/aromatic N) is 8. The molecule has 43 heavy (non-hydrogen) atoms. The topological polar surface area (TPSA) is 82.3 Å². The normalized spacial score (nSPS) is 19.2. The summed E-state index contributed by atoms with van der Waals surface area (Å²) in [6.07, 6.45) is 8.47. The highest BCUT2D eigenvalue weighted by Gasteiger charge is 2.35. The van der Waals surface area contributed by atoms with Crippen LogP contribution in [0.4, 0.5) is 11.5 Å². The first kappa shape index (κ1) is 28.9. The van der Waals surface area contributed by atoms with Gasteiger partial charge in [-0.1, -0.05) is 24.8 Å². The van der Waals surface area contributed by atoms with E-state index < -0.39 is 0 Å². The van der Waals surface area contributed by atoms with Gasteiger partial charge in [-0.3, -0.25) is 14.7 Å². The molecule has 1 aliphatic carbocycles. The molecule has 10 heteroatoms. The zero-order chi connectivity index (χ0) is 30.1. The Kier molecular flexibility index (Phi) is 8.17. The highest BCUT2D eigenvalue weighted by atomic mass is 16.5. The lowest BCUT2D eigenvalue weighted by Gasteiger charge is -2.41. The maximum Gasteiger partial charge on any atom is 0.318 e. The van der Waals surface area contributed by atoms with E-state index in [1.54, 1.807) is 4.90 Å². The number of benzene rings is 1. The Bertz CT molecular complexity index is 1560. The molecule has 2 atom stereocenters. The standard InChI is InChI=1S/C33H40N8O2/c1-6-30(42)41-15-14-40(19-26(41)17-34-4)32-27-12-13-39(29-18-35-16-24-9-7-8-22(2)31(24)29)20-28(27)36-33(37-32)43-21-23(3)38(5)25-10-11-25/h6-9,16,18,23,25-26H,1,10-15,17,19-21H2,2-3,5H3/t23-,26-/m0/s1. The molecule has 0 N–H and O–H groups in total. The maximum atomic E-state index is 12.6. The summed E-state index contributed by atoms with van der Waals surface area (Å²) >= 11 is 0. The Balaban J connectivity index is 1.33. The monoisotopic (exact) mass is 580 g/mol. The molecule has 3 aliphatic rings. The van der Waals surface area contributed by atoms with Crippen molar-refractivity contribution in [1.29, 1.82) is 0 Å². The lowest BCUT2D eigenvalue weighted by molar-refractivity contribution is -0.128. The molecule has 1 saturated heterocycles. The van der Waals surface area contributed by atoms with Gasteiger partial charge >= 0.3 is 6.01 Å². The Morgan fingerprint density at radius 3 is 2.84 bits per heavy atom. The molecule has 2 aliphatic heterocycles. The highest BCUT2D eigenvalue weighted by Crippen LogP contribution is 2.35. The minimum Gasteiger partial charge on any atom is -0.462 e. The number of ether oxygens (including phenoxy) is 1. The van der Waals surface area contributed by atoms with Gasteiger partial charge < -0.3 is 24.3 Å². The number of fused-ring (bicyclic) bond motifs is 2. The van der Waals surface area contributed by atoms with E-state index >= 15 is 0 Å². The lowest BCUT2D eigenvalue weighted by atomic mass is 10.0. The molecular weight excluding hydrogens is 540 g/mol. The van der Waals surface area contributed by atoms with Crippen LogP contribution >= 0.6 is 0 Å². The molecule has 2 fully saturated rings. The molecule has 224 valence electrons. The van der Waals surface area contributed by atoms with Crippen LogP contribution in [0.25, 0.3) is 15.6 Å². The SMILES string of the molecule is [C-]#[N+]C[C@H]1CN(c2nc(OC[C@H](C)N(C)C3CC3)nc3c2CCN(c2cncc4cccc(C)c24)C3)CCN1C(=O)C=C. The fourth-order valence-corrected chi connectivity index (χ4v) is 6.43.